The Morgan fingerprint density at radius 3 is 2.86 bits per heavy atom. The van der Waals surface area contributed by atoms with E-state index >= 15 is 0 Å². The first kappa shape index (κ1) is 13.0. The first-order valence-corrected chi connectivity index (χ1v) is 7.17. The van der Waals surface area contributed by atoms with E-state index in [1.54, 1.807) is 6.07 Å². The summed E-state index contributed by atoms with van der Waals surface area (Å²) in [5.41, 5.74) is 1.74. The molecular formula is C16H16O5. The van der Waals surface area contributed by atoms with E-state index in [0.29, 0.717) is 24.2 Å². The number of Topliss-reactive ketones (excluding diaryl/α,β-unsaturated/α-hetero) is 1. The Morgan fingerprint density at radius 2 is 2.10 bits per heavy atom. The van der Waals surface area contributed by atoms with Gasteiger partial charge < -0.3 is 14.6 Å². The lowest BCUT2D eigenvalue weighted by molar-refractivity contribution is -0.135. The zero-order valence-corrected chi connectivity index (χ0v) is 11.7. The normalized spacial score (nSPS) is 36.7. The third-order valence-corrected chi connectivity index (χ3v) is 5.05. The molecule has 1 spiro atoms. The molecule has 0 radical (unpaired) electrons. The van der Waals surface area contributed by atoms with Gasteiger partial charge in [-0.15, -0.1) is 0 Å². The van der Waals surface area contributed by atoms with Crippen molar-refractivity contribution in [1.29, 1.82) is 0 Å². The third-order valence-electron chi connectivity index (χ3n) is 5.05. The standard InChI is InChI=1S/C16H16O5/c1-8-2-3-9(7-17)14-15(8)21-12-5-10(18)4-11-16(12,14)6-13(19)20-11/h2-3,7,11-13,19H,4-6H2,1H3/t11-,12-,13?,16+/m0/s1. The van der Waals surface area contributed by atoms with E-state index in [9.17, 15) is 14.7 Å². The Kier molecular flexibility index (Phi) is 2.56. The maximum Gasteiger partial charge on any atom is 0.156 e. The van der Waals surface area contributed by atoms with Gasteiger partial charge in [0.25, 0.3) is 0 Å². The second-order valence-electron chi connectivity index (χ2n) is 6.17. The van der Waals surface area contributed by atoms with Crippen molar-refractivity contribution < 1.29 is 24.2 Å². The highest BCUT2D eigenvalue weighted by atomic mass is 16.6. The van der Waals surface area contributed by atoms with E-state index in [4.69, 9.17) is 9.47 Å². The lowest BCUT2D eigenvalue weighted by Crippen LogP contribution is -2.51. The summed E-state index contributed by atoms with van der Waals surface area (Å²) in [4.78, 5) is 23.4. The third kappa shape index (κ3) is 1.53. The number of ether oxygens (including phenoxy) is 2. The SMILES string of the molecule is Cc1ccc(C=O)c2c1O[C@H]1CC(=O)C[C@@H]3OC(O)C[C@]213. The minimum Gasteiger partial charge on any atom is -0.488 e. The van der Waals surface area contributed by atoms with Gasteiger partial charge in [-0.3, -0.25) is 9.59 Å². The van der Waals surface area contributed by atoms with Crippen LogP contribution >= 0.6 is 0 Å². The number of aldehydes is 1. The molecule has 4 rings (SSSR count). The number of carbonyl (C=O) groups excluding carboxylic acids is 2. The number of aliphatic hydroxyl groups is 1. The molecule has 0 amide bonds. The molecule has 2 heterocycles. The van der Waals surface area contributed by atoms with E-state index in [0.717, 1.165) is 17.4 Å². The topological polar surface area (TPSA) is 72.8 Å². The quantitative estimate of drug-likeness (QED) is 0.788. The van der Waals surface area contributed by atoms with E-state index in [-0.39, 0.29) is 18.3 Å². The van der Waals surface area contributed by atoms with Gasteiger partial charge in [-0.2, -0.15) is 0 Å². The molecule has 21 heavy (non-hydrogen) atoms. The smallest absolute Gasteiger partial charge is 0.156 e. The monoisotopic (exact) mass is 288 g/mol. The van der Waals surface area contributed by atoms with E-state index in [1.807, 2.05) is 13.0 Å². The Morgan fingerprint density at radius 1 is 1.33 bits per heavy atom. The largest absolute Gasteiger partial charge is 0.488 e. The summed E-state index contributed by atoms with van der Waals surface area (Å²) in [5.74, 6) is 0.759. The van der Waals surface area contributed by atoms with Crippen molar-refractivity contribution in [3.63, 3.8) is 0 Å². The molecule has 2 aliphatic heterocycles. The molecule has 1 saturated heterocycles. The van der Waals surface area contributed by atoms with Gasteiger partial charge in [-0.25, -0.2) is 0 Å². The molecule has 1 aromatic carbocycles. The van der Waals surface area contributed by atoms with Crippen molar-refractivity contribution in [1.82, 2.24) is 0 Å². The molecule has 1 unspecified atom stereocenters. The first-order chi connectivity index (χ1) is 10.1. The predicted molar refractivity (Wildman–Crippen MR) is 72.4 cm³/mol. The van der Waals surface area contributed by atoms with Crippen LogP contribution < -0.4 is 4.74 Å². The van der Waals surface area contributed by atoms with Gasteiger partial charge in [0.2, 0.25) is 0 Å². The fourth-order valence-corrected chi connectivity index (χ4v) is 4.17. The minimum atomic E-state index is -0.919. The molecule has 110 valence electrons. The van der Waals surface area contributed by atoms with Crippen LogP contribution in [0.5, 0.6) is 5.75 Å². The molecule has 5 nitrogen and oxygen atoms in total. The lowest BCUT2D eigenvalue weighted by atomic mass is 9.64. The average molecular weight is 288 g/mol. The molecule has 2 fully saturated rings. The Labute approximate surface area is 121 Å². The molecule has 1 aromatic rings. The molecular weight excluding hydrogens is 272 g/mol. The highest BCUT2D eigenvalue weighted by Crippen LogP contribution is 2.57. The maximum absolute atomic E-state index is 11.9. The summed E-state index contributed by atoms with van der Waals surface area (Å²) in [7, 11) is 0. The van der Waals surface area contributed by atoms with Gasteiger partial charge in [0.15, 0.2) is 6.29 Å². The Bertz CT molecular complexity index is 652. The van der Waals surface area contributed by atoms with Crippen LogP contribution in [-0.4, -0.2) is 35.7 Å². The van der Waals surface area contributed by atoms with Crippen LogP contribution in [-0.2, 0) is 14.9 Å². The second kappa shape index (κ2) is 4.15. The number of benzene rings is 1. The number of hydrogen-bond donors (Lipinski definition) is 1. The molecule has 1 N–H and O–H groups in total. The number of ketones is 1. The number of fused-ring (bicyclic) bond motifs is 1. The number of aryl methyl sites for hydroxylation is 1. The number of rotatable bonds is 1. The van der Waals surface area contributed by atoms with Crippen molar-refractivity contribution in [3.8, 4) is 5.75 Å². The zero-order chi connectivity index (χ0) is 14.8. The summed E-state index contributed by atoms with van der Waals surface area (Å²) < 4.78 is 11.6. The summed E-state index contributed by atoms with van der Waals surface area (Å²) in [5, 5.41) is 9.97. The molecule has 0 bridgehead atoms. The fourth-order valence-electron chi connectivity index (χ4n) is 4.17. The van der Waals surface area contributed by atoms with Crippen LogP contribution in [0.15, 0.2) is 12.1 Å². The van der Waals surface area contributed by atoms with E-state index < -0.39 is 17.8 Å². The van der Waals surface area contributed by atoms with Crippen LogP contribution in [0.25, 0.3) is 0 Å². The molecule has 5 heteroatoms. The first-order valence-electron chi connectivity index (χ1n) is 7.17. The molecule has 0 aromatic heterocycles. The van der Waals surface area contributed by atoms with Crippen molar-refractivity contribution >= 4 is 12.1 Å². The van der Waals surface area contributed by atoms with Crippen LogP contribution in [0, 0.1) is 6.92 Å². The number of carbonyl (C=O) groups is 2. The lowest BCUT2D eigenvalue weighted by Gasteiger charge is -2.38. The van der Waals surface area contributed by atoms with E-state index in [2.05, 4.69) is 0 Å². The predicted octanol–water partition coefficient (Wildman–Crippen LogP) is 1.28. The van der Waals surface area contributed by atoms with Gasteiger partial charge in [-0.05, 0) is 12.5 Å². The van der Waals surface area contributed by atoms with Crippen molar-refractivity contribution in [2.45, 2.75) is 50.1 Å². The molecule has 3 aliphatic rings. The van der Waals surface area contributed by atoms with Gasteiger partial charge in [0.1, 0.15) is 23.9 Å². The van der Waals surface area contributed by atoms with Crippen LogP contribution in [0.3, 0.4) is 0 Å². The fraction of sp³-hybridized carbons (Fsp3) is 0.500. The van der Waals surface area contributed by atoms with Crippen LogP contribution in [0.1, 0.15) is 40.7 Å². The number of hydrogen-bond acceptors (Lipinski definition) is 5. The molecule has 4 atom stereocenters. The van der Waals surface area contributed by atoms with Gasteiger partial charge in [0.05, 0.1) is 11.5 Å². The summed E-state index contributed by atoms with van der Waals surface area (Å²) in [6.07, 6.45) is 0.0695. The highest BCUT2D eigenvalue weighted by Gasteiger charge is 2.63. The zero-order valence-electron chi connectivity index (χ0n) is 11.7. The van der Waals surface area contributed by atoms with Gasteiger partial charge >= 0.3 is 0 Å². The highest BCUT2D eigenvalue weighted by molar-refractivity contribution is 5.85. The van der Waals surface area contributed by atoms with Crippen molar-refractivity contribution in [2.24, 2.45) is 0 Å². The van der Waals surface area contributed by atoms with Gasteiger partial charge in [-0.1, -0.05) is 12.1 Å². The summed E-state index contributed by atoms with van der Waals surface area (Å²) >= 11 is 0. The summed E-state index contributed by atoms with van der Waals surface area (Å²) in [6.45, 7) is 1.92. The Balaban J connectivity index is 1.98. The van der Waals surface area contributed by atoms with Gasteiger partial charge in [0, 0.05) is 30.4 Å². The average Bonchev–Trinajstić information content (AvgIpc) is 2.93. The Hall–Kier alpha value is -1.72. The van der Waals surface area contributed by atoms with Crippen molar-refractivity contribution in [3.05, 3.63) is 28.8 Å². The number of aliphatic hydroxyl groups excluding tert-OH is 1. The van der Waals surface area contributed by atoms with Crippen LogP contribution in [0.2, 0.25) is 0 Å². The summed E-state index contributed by atoms with van der Waals surface area (Å²) in [6, 6.07) is 3.62. The van der Waals surface area contributed by atoms with Crippen molar-refractivity contribution in [2.75, 3.05) is 0 Å². The maximum atomic E-state index is 11.9. The molecule has 1 aliphatic carbocycles. The van der Waals surface area contributed by atoms with E-state index in [1.165, 1.54) is 0 Å². The minimum absolute atomic E-state index is 0.0767. The molecule has 1 saturated carbocycles. The van der Waals surface area contributed by atoms with Crippen LogP contribution in [0.4, 0.5) is 0 Å². The second-order valence-corrected chi connectivity index (χ2v) is 6.17.